The molecule has 7 heteroatoms. The Balaban J connectivity index is 1.54. The van der Waals surface area contributed by atoms with Crippen molar-refractivity contribution in [2.75, 3.05) is 7.05 Å². The molecule has 1 amide bonds. The summed E-state index contributed by atoms with van der Waals surface area (Å²) in [4.78, 5) is 18.6. The summed E-state index contributed by atoms with van der Waals surface area (Å²) in [6, 6.07) is 16.9. The standard InChI is InChI=1S/C18H15N5O2/c1-22(18(24)15-9-5-8-14-10-11-19-23(14)15)12-16-20-17(21-25-16)13-6-3-2-4-7-13/h2-11H,12H2,1H3. The van der Waals surface area contributed by atoms with Crippen molar-refractivity contribution in [1.82, 2.24) is 24.7 Å². The van der Waals surface area contributed by atoms with Crippen molar-refractivity contribution in [2.24, 2.45) is 0 Å². The quantitative estimate of drug-likeness (QED) is 0.574. The molecule has 4 rings (SSSR count). The maximum Gasteiger partial charge on any atom is 0.272 e. The summed E-state index contributed by atoms with van der Waals surface area (Å²) in [6.07, 6.45) is 1.66. The van der Waals surface area contributed by atoms with Gasteiger partial charge in [0.25, 0.3) is 5.91 Å². The number of hydrogen-bond donors (Lipinski definition) is 0. The molecule has 0 atom stereocenters. The number of hydrogen-bond acceptors (Lipinski definition) is 5. The minimum Gasteiger partial charge on any atom is -0.337 e. The number of carbonyl (C=O) groups excluding carboxylic acids is 1. The molecule has 0 unspecified atom stereocenters. The van der Waals surface area contributed by atoms with Crippen LogP contribution in [0.5, 0.6) is 0 Å². The Labute approximate surface area is 143 Å². The van der Waals surface area contributed by atoms with Crippen LogP contribution >= 0.6 is 0 Å². The average molecular weight is 333 g/mol. The summed E-state index contributed by atoms with van der Waals surface area (Å²) in [5, 5.41) is 8.16. The van der Waals surface area contributed by atoms with Crippen LogP contribution in [0.4, 0.5) is 0 Å². The number of benzene rings is 1. The van der Waals surface area contributed by atoms with Crippen molar-refractivity contribution in [3.63, 3.8) is 0 Å². The Kier molecular flexibility index (Phi) is 3.74. The molecule has 0 fully saturated rings. The van der Waals surface area contributed by atoms with E-state index in [4.69, 9.17) is 4.52 Å². The zero-order valence-corrected chi connectivity index (χ0v) is 13.5. The lowest BCUT2D eigenvalue weighted by Crippen LogP contribution is -2.28. The number of amides is 1. The summed E-state index contributed by atoms with van der Waals surface area (Å²) >= 11 is 0. The van der Waals surface area contributed by atoms with Gasteiger partial charge in [0.2, 0.25) is 11.7 Å². The lowest BCUT2D eigenvalue weighted by atomic mass is 10.2. The molecular formula is C18H15N5O2. The Morgan fingerprint density at radius 3 is 2.80 bits per heavy atom. The zero-order chi connectivity index (χ0) is 17.2. The molecule has 1 aromatic carbocycles. The van der Waals surface area contributed by atoms with Gasteiger partial charge >= 0.3 is 0 Å². The Morgan fingerprint density at radius 1 is 1.12 bits per heavy atom. The highest BCUT2D eigenvalue weighted by atomic mass is 16.5. The molecule has 0 aliphatic rings. The van der Waals surface area contributed by atoms with Crippen LogP contribution < -0.4 is 0 Å². The maximum atomic E-state index is 12.7. The normalized spacial score (nSPS) is 10.9. The Hall–Kier alpha value is -3.48. The second kappa shape index (κ2) is 6.20. The lowest BCUT2D eigenvalue weighted by molar-refractivity contribution is 0.0761. The number of carbonyl (C=O) groups is 1. The van der Waals surface area contributed by atoms with Gasteiger partial charge in [0, 0.05) is 12.6 Å². The molecule has 0 radical (unpaired) electrons. The first-order valence-corrected chi connectivity index (χ1v) is 7.78. The van der Waals surface area contributed by atoms with Gasteiger partial charge in [0.1, 0.15) is 12.2 Å². The molecule has 0 N–H and O–H groups in total. The third kappa shape index (κ3) is 2.87. The van der Waals surface area contributed by atoms with Crippen molar-refractivity contribution in [1.29, 1.82) is 0 Å². The van der Waals surface area contributed by atoms with E-state index < -0.39 is 0 Å². The molecule has 0 bridgehead atoms. The van der Waals surface area contributed by atoms with E-state index >= 15 is 0 Å². The SMILES string of the molecule is CN(Cc1nc(-c2ccccc2)no1)C(=O)c1cccc2ccnn12. The highest BCUT2D eigenvalue weighted by molar-refractivity contribution is 5.93. The van der Waals surface area contributed by atoms with E-state index in [9.17, 15) is 4.79 Å². The molecule has 0 spiro atoms. The number of pyridine rings is 1. The predicted octanol–water partition coefficient (Wildman–Crippen LogP) is 2.66. The van der Waals surface area contributed by atoms with Gasteiger partial charge in [-0.05, 0) is 18.2 Å². The van der Waals surface area contributed by atoms with Crippen LogP contribution in [0, 0.1) is 0 Å². The highest BCUT2D eigenvalue weighted by Gasteiger charge is 2.18. The molecule has 124 valence electrons. The van der Waals surface area contributed by atoms with Crippen LogP contribution in [0.1, 0.15) is 16.4 Å². The third-order valence-electron chi connectivity index (χ3n) is 3.86. The van der Waals surface area contributed by atoms with Crippen LogP contribution in [-0.2, 0) is 6.54 Å². The molecule has 0 saturated heterocycles. The van der Waals surface area contributed by atoms with Gasteiger partial charge in [-0.25, -0.2) is 4.52 Å². The fourth-order valence-electron chi connectivity index (χ4n) is 2.61. The topological polar surface area (TPSA) is 76.5 Å². The first kappa shape index (κ1) is 15.1. The maximum absolute atomic E-state index is 12.7. The minimum absolute atomic E-state index is 0.172. The van der Waals surface area contributed by atoms with Crippen LogP contribution in [0.2, 0.25) is 0 Å². The molecule has 3 heterocycles. The average Bonchev–Trinajstić information content (AvgIpc) is 3.30. The second-order valence-electron chi connectivity index (χ2n) is 5.62. The first-order valence-electron chi connectivity index (χ1n) is 7.78. The highest BCUT2D eigenvalue weighted by Crippen LogP contribution is 2.16. The van der Waals surface area contributed by atoms with Crippen LogP contribution in [-0.4, -0.2) is 37.6 Å². The largest absolute Gasteiger partial charge is 0.337 e. The number of aromatic nitrogens is 4. The smallest absolute Gasteiger partial charge is 0.272 e. The van der Waals surface area contributed by atoms with E-state index in [1.165, 1.54) is 4.90 Å². The van der Waals surface area contributed by atoms with Crippen molar-refractivity contribution >= 4 is 11.4 Å². The first-order chi connectivity index (χ1) is 12.2. The molecule has 7 nitrogen and oxygen atoms in total. The number of fused-ring (bicyclic) bond motifs is 1. The third-order valence-corrected chi connectivity index (χ3v) is 3.86. The van der Waals surface area contributed by atoms with Crippen LogP contribution in [0.25, 0.3) is 16.9 Å². The van der Waals surface area contributed by atoms with Gasteiger partial charge in [-0.2, -0.15) is 10.1 Å². The fraction of sp³-hybridized carbons (Fsp3) is 0.111. The van der Waals surface area contributed by atoms with E-state index in [1.54, 1.807) is 23.8 Å². The van der Waals surface area contributed by atoms with Gasteiger partial charge in [-0.3, -0.25) is 4.79 Å². The molecule has 0 aliphatic carbocycles. The zero-order valence-electron chi connectivity index (χ0n) is 13.5. The second-order valence-corrected chi connectivity index (χ2v) is 5.62. The summed E-state index contributed by atoms with van der Waals surface area (Å²) in [7, 11) is 1.69. The monoisotopic (exact) mass is 333 g/mol. The van der Waals surface area contributed by atoms with Crippen molar-refractivity contribution < 1.29 is 9.32 Å². The van der Waals surface area contributed by atoms with Gasteiger partial charge in [-0.1, -0.05) is 41.6 Å². The predicted molar refractivity (Wildman–Crippen MR) is 90.7 cm³/mol. The fourth-order valence-corrected chi connectivity index (χ4v) is 2.61. The molecule has 3 aromatic heterocycles. The van der Waals surface area contributed by atoms with Crippen LogP contribution in [0.3, 0.4) is 0 Å². The van der Waals surface area contributed by atoms with Crippen molar-refractivity contribution in [3.8, 4) is 11.4 Å². The summed E-state index contributed by atoms with van der Waals surface area (Å²) in [5.74, 6) is 0.710. The Morgan fingerprint density at radius 2 is 1.96 bits per heavy atom. The Bertz CT molecular complexity index is 1020. The number of rotatable bonds is 4. The van der Waals surface area contributed by atoms with Gasteiger partial charge < -0.3 is 9.42 Å². The van der Waals surface area contributed by atoms with E-state index in [1.807, 2.05) is 48.5 Å². The van der Waals surface area contributed by atoms with Gasteiger partial charge in [-0.15, -0.1) is 0 Å². The summed E-state index contributed by atoms with van der Waals surface area (Å²) in [6.45, 7) is 0.219. The molecule has 0 aliphatic heterocycles. The molecular weight excluding hydrogens is 318 g/mol. The van der Waals surface area contributed by atoms with E-state index in [0.29, 0.717) is 17.4 Å². The van der Waals surface area contributed by atoms with Gasteiger partial charge in [0.15, 0.2) is 0 Å². The van der Waals surface area contributed by atoms with E-state index in [2.05, 4.69) is 15.2 Å². The van der Waals surface area contributed by atoms with E-state index in [0.717, 1.165) is 11.1 Å². The van der Waals surface area contributed by atoms with Crippen molar-refractivity contribution in [3.05, 3.63) is 72.4 Å². The molecule has 4 aromatic rings. The summed E-state index contributed by atoms with van der Waals surface area (Å²) < 4.78 is 6.88. The molecule has 0 saturated carbocycles. The summed E-state index contributed by atoms with van der Waals surface area (Å²) in [5.41, 5.74) is 2.21. The lowest BCUT2D eigenvalue weighted by Gasteiger charge is -2.15. The number of nitrogens with zero attached hydrogens (tertiary/aromatic N) is 5. The minimum atomic E-state index is -0.172. The van der Waals surface area contributed by atoms with Crippen LogP contribution in [0.15, 0.2) is 65.3 Å². The van der Waals surface area contributed by atoms with Crippen molar-refractivity contribution in [2.45, 2.75) is 6.54 Å². The van der Waals surface area contributed by atoms with Gasteiger partial charge in [0.05, 0.1) is 11.7 Å². The van der Waals surface area contributed by atoms with E-state index in [-0.39, 0.29) is 12.5 Å². The molecule has 25 heavy (non-hydrogen) atoms.